The van der Waals surface area contributed by atoms with Crippen LogP contribution in [0, 0.1) is 6.92 Å². The molecule has 0 amide bonds. The lowest BCUT2D eigenvalue weighted by Gasteiger charge is -2.11. The highest BCUT2D eigenvalue weighted by atomic mass is 15.0. The summed E-state index contributed by atoms with van der Waals surface area (Å²) < 4.78 is 2.31. The number of hydrogen-bond acceptors (Lipinski definition) is 0. The molecular weight excluding hydrogens is 182 g/mol. The van der Waals surface area contributed by atoms with Crippen molar-refractivity contribution in [2.24, 2.45) is 0 Å². The summed E-state index contributed by atoms with van der Waals surface area (Å²) in [5.74, 6) is 0. The summed E-state index contributed by atoms with van der Waals surface area (Å²) in [7, 11) is 0. The van der Waals surface area contributed by atoms with Gasteiger partial charge in [0.2, 0.25) is 0 Å². The lowest BCUT2D eigenvalue weighted by atomic mass is 10.1. The molecule has 0 saturated carbocycles. The van der Waals surface area contributed by atoms with Crippen molar-refractivity contribution in [1.29, 1.82) is 0 Å². The number of aromatic nitrogens is 1. The molecule has 78 valence electrons. The fourth-order valence-electron chi connectivity index (χ4n) is 2.01. The van der Waals surface area contributed by atoms with E-state index in [2.05, 4.69) is 67.9 Å². The highest BCUT2D eigenvalue weighted by Crippen LogP contribution is 2.25. The van der Waals surface area contributed by atoms with E-state index in [9.17, 15) is 0 Å². The molecule has 0 saturated heterocycles. The Balaban J connectivity index is 2.47. The Kier molecular flexibility index (Phi) is 2.63. The number of nitrogens with zero attached hydrogens (tertiary/aromatic N) is 1. The zero-order valence-corrected chi connectivity index (χ0v) is 9.57. The Morgan fingerprint density at radius 1 is 1.00 bits per heavy atom. The van der Waals surface area contributed by atoms with Crippen LogP contribution in [0.3, 0.4) is 0 Å². The van der Waals surface area contributed by atoms with Crippen LogP contribution in [0.5, 0.6) is 0 Å². The second-order valence-corrected chi connectivity index (χ2v) is 4.18. The zero-order chi connectivity index (χ0) is 10.8. The van der Waals surface area contributed by atoms with Crippen LogP contribution < -0.4 is 0 Å². The van der Waals surface area contributed by atoms with E-state index in [0.717, 1.165) is 0 Å². The smallest absolute Gasteiger partial charge is 0.0276 e. The molecule has 2 rings (SSSR count). The summed E-state index contributed by atoms with van der Waals surface area (Å²) in [5.41, 5.74) is 3.98. The summed E-state index contributed by atoms with van der Waals surface area (Å²) in [4.78, 5) is 0. The molecule has 0 bridgehead atoms. The molecule has 0 aliphatic rings. The van der Waals surface area contributed by atoms with Gasteiger partial charge in [0.05, 0.1) is 0 Å². The van der Waals surface area contributed by atoms with Gasteiger partial charge in [0.15, 0.2) is 0 Å². The van der Waals surface area contributed by atoms with Gasteiger partial charge in [-0.3, -0.25) is 0 Å². The van der Waals surface area contributed by atoms with E-state index in [4.69, 9.17) is 0 Å². The molecule has 0 N–H and O–H groups in total. The first kappa shape index (κ1) is 10.0. The molecule has 2 aromatic rings. The van der Waals surface area contributed by atoms with Crippen LogP contribution in [0.15, 0.2) is 42.6 Å². The van der Waals surface area contributed by atoms with Crippen LogP contribution in [-0.2, 0) is 0 Å². The molecule has 0 aliphatic carbocycles. The Bertz CT molecular complexity index is 438. The van der Waals surface area contributed by atoms with Gasteiger partial charge in [-0.2, -0.15) is 0 Å². The molecule has 0 fully saturated rings. The highest BCUT2D eigenvalue weighted by Gasteiger charge is 2.07. The van der Waals surface area contributed by atoms with E-state index in [1.165, 1.54) is 16.8 Å². The summed E-state index contributed by atoms with van der Waals surface area (Å²) in [6.45, 7) is 6.60. The minimum Gasteiger partial charge on any atom is -0.349 e. The predicted octanol–water partition coefficient (Wildman–Crippen LogP) is 4.04. The van der Waals surface area contributed by atoms with E-state index < -0.39 is 0 Å². The predicted molar refractivity (Wildman–Crippen MR) is 65.0 cm³/mol. The van der Waals surface area contributed by atoms with Crippen molar-refractivity contribution in [3.8, 4) is 11.1 Å². The van der Waals surface area contributed by atoms with Crippen molar-refractivity contribution >= 4 is 0 Å². The maximum absolute atomic E-state index is 2.31. The second-order valence-electron chi connectivity index (χ2n) is 4.18. The molecule has 1 nitrogen and oxygen atoms in total. The lowest BCUT2D eigenvalue weighted by molar-refractivity contribution is 0.589. The molecule has 0 unspecified atom stereocenters. The first-order chi connectivity index (χ1) is 7.20. The van der Waals surface area contributed by atoms with Gasteiger partial charge in [-0.1, -0.05) is 30.3 Å². The zero-order valence-electron chi connectivity index (χ0n) is 9.57. The number of hydrogen-bond donors (Lipinski definition) is 0. The largest absolute Gasteiger partial charge is 0.349 e. The van der Waals surface area contributed by atoms with Gasteiger partial charge < -0.3 is 4.57 Å². The third kappa shape index (κ3) is 1.82. The third-order valence-electron chi connectivity index (χ3n) is 2.82. The molecule has 1 aromatic carbocycles. The first-order valence-corrected chi connectivity index (χ1v) is 5.43. The van der Waals surface area contributed by atoms with E-state index in [1.54, 1.807) is 0 Å². The fourth-order valence-corrected chi connectivity index (χ4v) is 2.01. The quantitative estimate of drug-likeness (QED) is 0.687. The maximum atomic E-state index is 2.31. The van der Waals surface area contributed by atoms with Crippen molar-refractivity contribution in [3.05, 3.63) is 48.3 Å². The summed E-state index contributed by atoms with van der Waals surface area (Å²) in [6.07, 6.45) is 2.17. The summed E-state index contributed by atoms with van der Waals surface area (Å²) >= 11 is 0. The maximum Gasteiger partial charge on any atom is 0.0276 e. The van der Waals surface area contributed by atoms with Gasteiger partial charge in [-0.25, -0.2) is 0 Å². The van der Waals surface area contributed by atoms with Crippen LogP contribution in [0.25, 0.3) is 11.1 Å². The van der Waals surface area contributed by atoms with Crippen LogP contribution >= 0.6 is 0 Å². The van der Waals surface area contributed by atoms with E-state index in [0.29, 0.717) is 6.04 Å². The number of rotatable bonds is 2. The normalized spacial score (nSPS) is 10.9. The van der Waals surface area contributed by atoms with E-state index in [1.807, 2.05) is 0 Å². The van der Waals surface area contributed by atoms with Crippen LogP contribution in [0.4, 0.5) is 0 Å². The van der Waals surface area contributed by atoms with Gasteiger partial charge in [0.25, 0.3) is 0 Å². The van der Waals surface area contributed by atoms with Gasteiger partial charge >= 0.3 is 0 Å². The average molecular weight is 199 g/mol. The standard InChI is InChI=1S/C14H17N/c1-11(2)15-10-9-14(12(15)3)13-7-5-4-6-8-13/h4-11H,1-3H3. The molecule has 1 heteroatoms. The van der Waals surface area contributed by atoms with Crippen molar-refractivity contribution in [2.75, 3.05) is 0 Å². The SMILES string of the molecule is Cc1c(-c2ccccc2)ccn1C(C)C. The lowest BCUT2D eigenvalue weighted by Crippen LogP contribution is -2.00. The van der Waals surface area contributed by atoms with Gasteiger partial charge in [0, 0.05) is 23.5 Å². The molecular formula is C14H17N. The molecule has 0 aliphatic heterocycles. The Hall–Kier alpha value is -1.50. The van der Waals surface area contributed by atoms with Crippen LogP contribution in [0.1, 0.15) is 25.6 Å². The number of benzene rings is 1. The summed E-state index contributed by atoms with van der Waals surface area (Å²) in [6, 6.07) is 13.3. The Morgan fingerprint density at radius 3 is 2.20 bits per heavy atom. The first-order valence-electron chi connectivity index (χ1n) is 5.43. The monoisotopic (exact) mass is 199 g/mol. The molecule has 15 heavy (non-hydrogen) atoms. The molecule has 0 radical (unpaired) electrons. The average Bonchev–Trinajstić information content (AvgIpc) is 2.61. The molecule has 1 heterocycles. The van der Waals surface area contributed by atoms with Crippen molar-refractivity contribution in [3.63, 3.8) is 0 Å². The van der Waals surface area contributed by atoms with Gasteiger partial charge in [-0.15, -0.1) is 0 Å². The second kappa shape index (κ2) is 3.93. The third-order valence-corrected chi connectivity index (χ3v) is 2.82. The topological polar surface area (TPSA) is 4.93 Å². The van der Waals surface area contributed by atoms with Crippen molar-refractivity contribution in [1.82, 2.24) is 4.57 Å². The molecule has 1 aromatic heterocycles. The van der Waals surface area contributed by atoms with Gasteiger partial charge in [0.1, 0.15) is 0 Å². The minimum absolute atomic E-state index is 0.530. The minimum atomic E-state index is 0.530. The highest BCUT2D eigenvalue weighted by molar-refractivity contribution is 5.66. The van der Waals surface area contributed by atoms with Crippen molar-refractivity contribution in [2.45, 2.75) is 26.8 Å². The van der Waals surface area contributed by atoms with E-state index >= 15 is 0 Å². The Labute approximate surface area is 91.4 Å². The summed E-state index contributed by atoms with van der Waals surface area (Å²) in [5, 5.41) is 0. The van der Waals surface area contributed by atoms with Crippen molar-refractivity contribution < 1.29 is 0 Å². The molecule has 0 atom stereocenters. The Morgan fingerprint density at radius 2 is 1.67 bits per heavy atom. The molecule has 0 spiro atoms. The van der Waals surface area contributed by atoms with Gasteiger partial charge in [-0.05, 0) is 32.4 Å². The fraction of sp³-hybridized carbons (Fsp3) is 0.286. The van der Waals surface area contributed by atoms with Crippen LogP contribution in [0.2, 0.25) is 0 Å². The van der Waals surface area contributed by atoms with E-state index in [-0.39, 0.29) is 0 Å². The van der Waals surface area contributed by atoms with Crippen LogP contribution in [-0.4, -0.2) is 4.57 Å².